The average Bonchev–Trinajstić information content (AvgIpc) is 2.05. The van der Waals surface area contributed by atoms with Gasteiger partial charge in [0.15, 0.2) is 0 Å². The lowest BCUT2D eigenvalue weighted by Gasteiger charge is -2.04. The Bertz CT molecular complexity index is 148. The molecule has 13 heavy (non-hydrogen) atoms. The molecule has 0 heterocycles. The maximum Gasteiger partial charge on any atom is 0.334 e. The van der Waals surface area contributed by atoms with Crippen LogP contribution in [0.3, 0.4) is 0 Å². The lowest BCUT2D eigenvalue weighted by Crippen LogP contribution is -2.18. The first kappa shape index (κ1) is 11.9. The van der Waals surface area contributed by atoms with E-state index < -0.39 is 18.7 Å². The standard InChI is InChI=1S/C7H12O6/c1-10-3-6(8)12-5-13-7(9)4-11-2/h3-5H2,1-2H3. The van der Waals surface area contributed by atoms with E-state index in [1.807, 2.05) is 0 Å². The molecule has 0 aliphatic rings. The van der Waals surface area contributed by atoms with Crippen molar-refractivity contribution in [1.82, 2.24) is 0 Å². The molecule has 0 spiro atoms. The molecule has 0 amide bonds. The highest BCUT2D eigenvalue weighted by Gasteiger charge is 2.04. The highest BCUT2D eigenvalue weighted by Crippen LogP contribution is 1.84. The van der Waals surface area contributed by atoms with Crippen LogP contribution in [-0.2, 0) is 28.5 Å². The number of hydrogen-bond acceptors (Lipinski definition) is 6. The molecule has 0 aliphatic carbocycles. The summed E-state index contributed by atoms with van der Waals surface area (Å²) in [6.45, 7) is -0.742. The minimum atomic E-state index is -0.590. The zero-order chi connectivity index (χ0) is 10.1. The molecular weight excluding hydrogens is 180 g/mol. The highest BCUT2D eigenvalue weighted by atomic mass is 16.7. The molecule has 0 rings (SSSR count). The molecule has 6 heteroatoms. The van der Waals surface area contributed by atoms with Crippen molar-refractivity contribution >= 4 is 11.9 Å². The molecule has 0 atom stereocenters. The van der Waals surface area contributed by atoms with Gasteiger partial charge in [-0.1, -0.05) is 0 Å². The van der Waals surface area contributed by atoms with Gasteiger partial charge in [-0.25, -0.2) is 9.59 Å². The summed E-state index contributed by atoms with van der Waals surface area (Å²) in [6, 6.07) is 0. The van der Waals surface area contributed by atoms with E-state index in [4.69, 9.17) is 0 Å². The monoisotopic (exact) mass is 192 g/mol. The molecule has 0 aromatic rings. The summed E-state index contributed by atoms with van der Waals surface area (Å²) in [7, 11) is 2.72. The van der Waals surface area contributed by atoms with Crippen molar-refractivity contribution in [1.29, 1.82) is 0 Å². The van der Waals surface area contributed by atoms with Gasteiger partial charge in [-0.3, -0.25) is 0 Å². The van der Waals surface area contributed by atoms with Crippen molar-refractivity contribution in [2.75, 3.05) is 34.2 Å². The number of carbonyl (C=O) groups excluding carboxylic acids is 2. The molecule has 0 fully saturated rings. The largest absolute Gasteiger partial charge is 0.426 e. The van der Waals surface area contributed by atoms with Crippen molar-refractivity contribution in [3.8, 4) is 0 Å². The number of carbonyl (C=O) groups is 2. The molecule has 0 aliphatic heterocycles. The van der Waals surface area contributed by atoms with E-state index in [2.05, 4.69) is 18.9 Å². The van der Waals surface area contributed by atoms with E-state index in [1.54, 1.807) is 0 Å². The number of rotatable bonds is 6. The lowest BCUT2D eigenvalue weighted by molar-refractivity contribution is -0.171. The molecule has 0 unspecified atom stereocenters. The number of methoxy groups -OCH3 is 2. The zero-order valence-corrected chi connectivity index (χ0v) is 7.57. The molecule has 0 saturated carbocycles. The number of esters is 2. The Morgan fingerprint density at radius 1 is 0.923 bits per heavy atom. The van der Waals surface area contributed by atoms with Crippen LogP contribution in [0.25, 0.3) is 0 Å². The predicted molar refractivity (Wildman–Crippen MR) is 40.8 cm³/mol. The topological polar surface area (TPSA) is 71.1 Å². The summed E-state index contributed by atoms with van der Waals surface area (Å²) in [5.74, 6) is -1.18. The third kappa shape index (κ3) is 7.23. The Morgan fingerprint density at radius 3 is 1.62 bits per heavy atom. The minimum absolute atomic E-state index is 0.165. The first-order valence-corrected chi connectivity index (χ1v) is 3.49. The fourth-order valence-corrected chi connectivity index (χ4v) is 0.480. The SMILES string of the molecule is COCC(=O)OCOC(=O)COC. The van der Waals surface area contributed by atoms with Gasteiger partial charge in [-0.15, -0.1) is 0 Å². The Balaban J connectivity index is 3.33. The zero-order valence-electron chi connectivity index (χ0n) is 7.57. The summed E-state index contributed by atoms with van der Waals surface area (Å²) < 4.78 is 17.8. The summed E-state index contributed by atoms with van der Waals surface area (Å²) in [5.41, 5.74) is 0. The smallest absolute Gasteiger partial charge is 0.334 e. The Labute approximate surface area is 75.7 Å². The van der Waals surface area contributed by atoms with Gasteiger partial charge in [0.2, 0.25) is 6.79 Å². The fourth-order valence-electron chi connectivity index (χ4n) is 0.480. The molecule has 0 N–H and O–H groups in total. The summed E-state index contributed by atoms with van der Waals surface area (Å²) in [4.78, 5) is 21.2. The van der Waals surface area contributed by atoms with Crippen molar-refractivity contribution in [2.45, 2.75) is 0 Å². The lowest BCUT2D eigenvalue weighted by atomic mass is 10.7. The minimum Gasteiger partial charge on any atom is -0.426 e. The quantitative estimate of drug-likeness (QED) is 0.410. The van der Waals surface area contributed by atoms with E-state index >= 15 is 0 Å². The molecule has 0 saturated heterocycles. The second kappa shape index (κ2) is 7.51. The normalized spacial score (nSPS) is 9.38. The second-order valence-corrected chi connectivity index (χ2v) is 2.02. The predicted octanol–water partition coefficient (Wildman–Crippen LogP) is -0.677. The third-order valence-corrected chi connectivity index (χ3v) is 0.964. The van der Waals surface area contributed by atoms with Gasteiger partial charge in [0.25, 0.3) is 0 Å². The van der Waals surface area contributed by atoms with Crippen LogP contribution in [0.15, 0.2) is 0 Å². The molecular formula is C7H12O6. The third-order valence-electron chi connectivity index (χ3n) is 0.964. The van der Waals surface area contributed by atoms with E-state index in [1.165, 1.54) is 14.2 Å². The summed E-state index contributed by atoms with van der Waals surface area (Å²) in [6.07, 6.45) is 0. The van der Waals surface area contributed by atoms with Crippen LogP contribution in [0.5, 0.6) is 0 Å². The summed E-state index contributed by atoms with van der Waals surface area (Å²) >= 11 is 0. The maximum atomic E-state index is 10.6. The van der Waals surface area contributed by atoms with Crippen molar-refractivity contribution in [3.05, 3.63) is 0 Å². The number of ether oxygens (including phenoxy) is 4. The van der Waals surface area contributed by atoms with Gasteiger partial charge in [0.1, 0.15) is 13.2 Å². The van der Waals surface area contributed by atoms with Crippen LogP contribution in [0.4, 0.5) is 0 Å². The van der Waals surface area contributed by atoms with Crippen molar-refractivity contribution in [2.24, 2.45) is 0 Å². The first-order valence-electron chi connectivity index (χ1n) is 3.49. The first-order chi connectivity index (χ1) is 6.20. The Kier molecular flexibility index (Phi) is 6.85. The van der Waals surface area contributed by atoms with Gasteiger partial charge >= 0.3 is 11.9 Å². The van der Waals surface area contributed by atoms with Crippen LogP contribution in [0, 0.1) is 0 Å². The molecule has 0 radical (unpaired) electrons. The Hall–Kier alpha value is -1.14. The second-order valence-electron chi connectivity index (χ2n) is 2.02. The molecule has 6 nitrogen and oxygen atoms in total. The van der Waals surface area contributed by atoms with Crippen molar-refractivity contribution < 1.29 is 28.5 Å². The van der Waals surface area contributed by atoms with Crippen LogP contribution >= 0.6 is 0 Å². The van der Waals surface area contributed by atoms with Crippen LogP contribution < -0.4 is 0 Å². The van der Waals surface area contributed by atoms with Gasteiger partial charge in [-0.05, 0) is 0 Å². The molecule has 0 bridgehead atoms. The van der Waals surface area contributed by atoms with E-state index in [9.17, 15) is 9.59 Å². The highest BCUT2D eigenvalue weighted by molar-refractivity contribution is 5.72. The van der Waals surface area contributed by atoms with Gasteiger partial charge in [0.05, 0.1) is 0 Å². The Morgan fingerprint density at radius 2 is 1.31 bits per heavy atom. The van der Waals surface area contributed by atoms with E-state index in [0.717, 1.165) is 0 Å². The van der Waals surface area contributed by atoms with Gasteiger partial charge in [-0.2, -0.15) is 0 Å². The van der Waals surface area contributed by atoms with E-state index in [-0.39, 0.29) is 13.2 Å². The molecule has 76 valence electrons. The average molecular weight is 192 g/mol. The van der Waals surface area contributed by atoms with Crippen molar-refractivity contribution in [3.63, 3.8) is 0 Å². The van der Waals surface area contributed by atoms with Crippen LogP contribution in [0.2, 0.25) is 0 Å². The molecule has 0 aromatic heterocycles. The summed E-state index contributed by atoms with van der Waals surface area (Å²) in [5, 5.41) is 0. The maximum absolute atomic E-state index is 10.6. The number of hydrogen-bond donors (Lipinski definition) is 0. The van der Waals surface area contributed by atoms with E-state index in [0.29, 0.717) is 0 Å². The van der Waals surface area contributed by atoms with Gasteiger partial charge < -0.3 is 18.9 Å². The van der Waals surface area contributed by atoms with Gasteiger partial charge in [0, 0.05) is 14.2 Å². The fraction of sp³-hybridized carbons (Fsp3) is 0.714. The van der Waals surface area contributed by atoms with Crippen LogP contribution in [0.1, 0.15) is 0 Å². The van der Waals surface area contributed by atoms with Crippen LogP contribution in [-0.4, -0.2) is 46.2 Å². The molecule has 0 aromatic carbocycles.